The molecule has 3 aliphatic rings. The van der Waals surface area contributed by atoms with E-state index in [-0.39, 0.29) is 11.3 Å². The molecule has 5 rings (SSSR count). The number of ether oxygens (including phenoxy) is 1. The third kappa shape index (κ3) is 3.72. The molecule has 0 unspecified atom stereocenters. The van der Waals surface area contributed by atoms with Crippen LogP contribution in [0.1, 0.15) is 47.3 Å². The van der Waals surface area contributed by atoms with Crippen molar-refractivity contribution in [2.45, 2.75) is 31.1 Å². The number of hydrogen-bond acceptors (Lipinski definition) is 5. The summed E-state index contributed by atoms with van der Waals surface area (Å²) in [7, 11) is 0. The van der Waals surface area contributed by atoms with Crippen LogP contribution in [-0.2, 0) is 10.2 Å². The molecule has 6 nitrogen and oxygen atoms in total. The van der Waals surface area contributed by atoms with Gasteiger partial charge >= 0.3 is 0 Å². The maximum Gasteiger partial charge on any atom is 0.271 e. The Morgan fingerprint density at radius 3 is 2.67 bits per heavy atom. The minimum Gasteiger partial charge on any atom is -0.381 e. The SMILES string of the molecule is O=C(NCC1CCOCC1)c1ccc(N2CCC3(C=Cc4ccccc43)CC2)nn1. The average molecular weight is 405 g/mol. The van der Waals surface area contributed by atoms with Crippen LogP contribution in [0, 0.1) is 5.92 Å². The van der Waals surface area contributed by atoms with E-state index in [0.29, 0.717) is 18.2 Å². The Hall–Kier alpha value is -2.73. The van der Waals surface area contributed by atoms with E-state index in [0.717, 1.165) is 57.8 Å². The summed E-state index contributed by atoms with van der Waals surface area (Å²) >= 11 is 0. The van der Waals surface area contributed by atoms with E-state index in [4.69, 9.17) is 4.74 Å². The molecule has 156 valence electrons. The first-order chi connectivity index (χ1) is 14.7. The Morgan fingerprint density at radius 1 is 1.10 bits per heavy atom. The number of allylic oxidation sites excluding steroid dienone is 1. The fourth-order valence-electron chi connectivity index (χ4n) is 4.90. The summed E-state index contributed by atoms with van der Waals surface area (Å²) < 4.78 is 5.37. The van der Waals surface area contributed by atoms with Crippen LogP contribution in [0.3, 0.4) is 0 Å². The van der Waals surface area contributed by atoms with Crippen LogP contribution in [0.4, 0.5) is 5.82 Å². The molecule has 3 heterocycles. The highest BCUT2D eigenvalue weighted by atomic mass is 16.5. The number of nitrogens with one attached hydrogen (secondary N) is 1. The van der Waals surface area contributed by atoms with Gasteiger partial charge in [-0.1, -0.05) is 36.4 Å². The summed E-state index contributed by atoms with van der Waals surface area (Å²) in [5.74, 6) is 1.19. The minimum absolute atomic E-state index is 0.147. The first-order valence-electron chi connectivity index (χ1n) is 11.0. The number of nitrogens with zero attached hydrogens (tertiary/aromatic N) is 3. The van der Waals surface area contributed by atoms with Crippen molar-refractivity contribution >= 4 is 17.8 Å². The second-order valence-electron chi connectivity index (χ2n) is 8.61. The number of anilines is 1. The summed E-state index contributed by atoms with van der Waals surface area (Å²) in [5.41, 5.74) is 3.34. The smallest absolute Gasteiger partial charge is 0.271 e. The quantitative estimate of drug-likeness (QED) is 0.848. The molecule has 1 spiro atoms. The van der Waals surface area contributed by atoms with Crippen molar-refractivity contribution in [3.05, 3.63) is 59.3 Å². The Bertz CT molecular complexity index is 926. The van der Waals surface area contributed by atoms with Gasteiger partial charge in [-0.05, 0) is 54.9 Å². The third-order valence-electron chi connectivity index (χ3n) is 6.83. The maximum atomic E-state index is 12.4. The summed E-state index contributed by atoms with van der Waals surface area (Å²) in [6.45, 7) is 4.11. The number of benzene rings is 1. The molecule has 30 heavy (non-hydrogen) atoms. The predicted molar refractivity (Wildman–Crippen MR) is 117 cm³/mol. The van der Waals surface area contributed by atoms with Gasteiger partial charge in [0.2, 0.25) is 0 Å². The zero-order valence-corrected chi connectivity index (χ0v) is 17.2. The third-order valence-corrected chi connectivity index (χ3v) is 6.83. The van der Waals surface area contributed by atoms with E-state index < -0.39 is 0 Å². The van der Waals surface area contributed by atoms with E-state index in [2.05, 4.69) is 56.8 Å². The lowest BCUT2D eigenvalue weighted by Gasteiger charge is -2.39. The molecule has 2 aromatic rings. The molecule has 2 fully saturated rings. The highest BCUT2D eigenvalue weighted by Crippen LogP contribution is 2.44. The van der Waals surface area contributed by atoms with Gasteiger partial charge in [-0.15, -0.1) is 10.2 Å². The second-order valence-corrected chi connectivity index (χ2v) is 8.61. The van der Waals surface area contributed by atoms with Crippen molar-refractivity contribution in [2.24, 2.45) is 5.92 Å². The van der Waals surface area contributed by atoms with Crippen LogP contribution in [0.15, 0.2) is 42.5 Å². The lowest BCUT2D eigenvalue weighted by molar-refractivity contribution is 0.0642. The normalized spacial score (nSPS) is 20.3. The number of aromatic nitrogens is 2. The maximum absolute atomic E-state index is 12.4. The zero-order valence-electron chi connectivity index (χ0n) is 17.2. The van der Waals surface area contributed by atoms with Gasteiger partial charge in [-0.2, -0.15) is 0 Å². The van der Waals surface area contributed by atoms with Crippen LogP contribution < -0.4 is 10.2 Å². The number of carbonyl (C=O) groups excluding carboxylic acids is 1. The van der Waals surface area contributed by atoms with Gasteiger partial charge < -0.3 is 15.0 Å². The van der Waals surface area contributed by atoms with Gasteiger partial charge in [0.25, 0.3) is 5.91 Å². The molecule has 0 atom stereocenters. The van der Waals surface area contributed by atoms with E-state index in [9.17, 15) is 4.79 Å². The molecule has 6 heteroatoms. The van der Waals surface area contributed by atoms with Crippen LogP contribution in [-0.4, -0.2) is 49.0 Å². The van der Waals surface area contributed by atoms with E-state index in [1.165, 1.54) is 11.1 Å². The number of fused-ring (bicyclic) bond motifs is 2. The Balaban J connectivity index is 1.18. The van der Waals surface area contributed by atoms with Gasteiger partial charge in [-0.25, -0.2) is 0 Å². The Labute approximate surface area is 177 Å². The van der Waals surface area contributed by atoms with Gasteiger partial charge in [0, 0.05) is 38.3 Å². The molecule has 0 saturated carbocycles. The zero-order chi connectivity index (χ0) is 20.4. The van der Waals surface area contributed by atoms with Crippen LogP contribution >= 0.6 is 0 Å². The average Bonchev–Trinajstić information content (AvgIpc) is 3.17. The molecule has 1 N–H and O–H groups in total. The van der Waals surface area contributed by atoms with Crippen molar-refractivity contribution in [3.8, 4) is 0 Å². The Morgan fingerprint density at radius 2 is 1.90 bits per heavy atom. The fourth-order valence-corrected chi connectivity index (χ4v) is 4.90. The Kier molecular flexibility index (Phi) is 5.25. The first kappa shape index (κ1) is 19.2. The molecule has 0 bridgehead atoms. The number of carbonyl (C=O) groups is 1. The minimum atomic E-state index is -0.147. The topological polar surface area (TPSA) is 67.3 Å². The molecule has 0 radical (unpaired) electrons. The highest BCUT2D eigenvalue weighted by molar-refractivity contribution is 5.92. The van der Waals surface area contributed by atoms with Crippen LogP contribution in [0.2, 0.25) is 0 Å². The number of piperidine rings is 1. The van der Waals surface area contributed by atoms with E-state index in [1.54, 1.807) is 6.07 Å². The standard InChI is InChI=1S/C24H28N4O2/c29-23(25-17-18-8-15-30-16-9-18)21-5-6-22(27-26-21)28-13-11-24(12-14-28)10-7-19-3-1-2-4-20(19)24/h1-7,10,18H,8-9,11-17H2,(H,25,29). The lowest BCUT2D eigenvalue weighted by Crippen LogP contribution is -2.41. The van der Waals surface area contributed by atoms with Crippen molar-refractivity contribution in [3.63, 3.8) is 0 Å². The molecule has 2 aliphatic heterocycles. The van der Waals surface area contributed by atoms with Crippen molar-refractivity contribution in [1.82, 2.24) is 15.5 Å². The van der Waals surface area contributed by atoms with Crippen molar-refractivity contribution in [2.75, 3.05) is 37.7 Å². The molecule has 2 saturated heterocycles. The number of hydrogen-bond donors (Lipinski definition) is 1. The van der Waals surface area contributed by atoms with Crippen LogP contribution in [0.5, 0.6) is 0 Å². The highest BCUT2D eigenvalue weighted by Gasteiger charge is 2.38. The molecule has 1 amide bonds. The second kappa shape index (κ2) is 8.19. The predicted octanol–water partition coefficient (Wildman–Crippen LogP) is 3.20. The summed E-state index contributed by atoms with van der Waals surface area (Å²) in [6.07, 6.45) is 8.78. The van der Waals surface area contributed by atoms with Gasteiger partial charge in [-0.3, -0.25) is 4.79 Å². The first-order valence-corrected chi connectivity index (χ1v) is 11.0. The summed E-state index contributed by atoms with van der Waals surface area (Å²) in [4.78, 5) is 14.7. The lowest BCUT2D eigenvalue weighted by atomic mass is 9.74. The largest absolute Gasteiger partial charge is 0.381 e. The number of rotatable bonds is 4. The molecular weight excluding hydrogens is 376 g/mol. The van der Waals surface area contributed by atoms with Crippen molar-refractivity contribution < 1.29 is 9.53 Å². The fraction of sp³-hybridized carbons (Fsp3) is 0.458. The molecular formula is C24H28N4O2. The number of amides is 1. The molecule has 1 aromatic heterocycles. The molecule has 1 aliphatic carbocycles. The van der Waals surface area contributed by atoms with Crippen LogP contribution in [0.25, 0.3) is 6.08 Å². The van der Waals surface area contributed by atoms with E-state index >= 15 is 0 Å². The molecule has 1 aromatic carbocycles. The van der Waals surface area contributed by atoms with Gasteiger partial charge in [0.05, 0.1) is 0 Å². The monoisotopic (exact) mass is 404 g/mol. The summed E-state index contributed by atoms with van der Waals surface area (Å²) in [6, 6.07) is 12.4. The van der Waals surface area contributed by atoms with Gasteiger partial charge in [0.15, 0.2) is 11.5 Å². The van der Waals surface area contributed by atoms with Crippen molar-refractivity contribution in [1.29, 1.82) is 0 Å². The van der Waals surface area contributed by atoms with Gasteiger partial charge in [0.1, 0.15) is 0 Å². The van der Waals surface area contributed by atoms with E-state index in [1.807, 2.05) is 6.07 Å². The summed E-state index contributed by atoms with van der Waals surface area (Å²) in [5, 5.41) is 11.5.